The lowest BCUT2D eigenvalue weighted by Gasteiger charge is -2.32. The minimum Gasteiger partial charge on any atom is -0.341 e. The highest BCUT2D eigenvalue weighted by atomic mass is 16.2. The van der Waals surface area contributed by atoms with E-state index in [-0.39, 0.29) is 42.8 Å². The largest absolute Gasteiger partial charge is 0.347 e. The van der Waals surface area contributed by atoms with Crippen LogP contribution in [0.3, 0.4) is 0 Å². The summed E-state index contributed by atoms with van der Waals surface area (Å²) in [6.45, 7) is 2.94. The number of para-hydroxylation sites is 1. The lowest BCUT2D eigenvalue weighted by atomic mass is 9.93. The molecule has 0 unspecified atom stereocenters. The lowest BCUT2D eigenvalue weighted by Crippen LogP contribution is -2.45. The summed E-state index contributed by atoms with van der Waals surface area (Å²) in [4.78, 5) is 51.1. The van der Waals surface area contributed by atoms with Crippen LogP contribution in [0.1, 0.15) is 37.1 Å². The number of carbonyl (C=O) groups excluding carboxylic acids is 3. The van der Waals surface area contributed by atoms with Gasteiger partial charge in [-0.1, -0.05) is 18.2 Å². The van der Waals surface area contributed by atoms with Crippen LogP contribution in [0.5, 0.6) is 0 Å². The molecule has 3 amide bonds. The second-order valence-electron chi connectivity index (χ2n) is 7.97. The Hall–Kier alpha value is -3.23. The molecule has 2 saturated heterocycles. The van der Waals surface area contributed by atoms with Gasteiger partial charge < -0.3 is 4.90 Å². The van der Waals surface area contributed by atoms with Crippen molar-refractivity contribution in [2.75, 3.05) is 19.6 Å². The number of likely N-dealkylation sites (tertiary alicyclic amines) is 2. The summed E-state index contributed by atoms with van der Waals surface area (Å²) in [6, 6.07) is 7.68. The number of nitrogens with zero attached hydrogens (tertiary/aromatic N) is 4. The number of piperidine rings is 1. The number of hydrogen-bond acceptors (Lipinski definition) is 5. The normalized spacial score (nSPS) is 17.8. The third kappa shape index (κ3) is 3.92. The number of hydrogen-bond donors (Lipinski definition) is 1. The zero-order chi connectivity index (χ0) is 21.3. The van der Waals surface area contributed by atoms with Crippen LogP contribution in [0, 0.1) is 12.8 Å². The molecule has 3 heterocycles. The first-order valence-corrected chi connectivity index (χ1v) is 10.3. The van der Waals surface area contributed by atoms with Gasteiger partial charge in [0.2, 0.25) is 17.7 Å². The highest BCUT2D eigenvalue weighted by molar-refractivity contribution is 6.04. The molecule has 0 radical (unpaired) electrons. The maximum atomic E-state index is 12.5. The van der Waals surface area contributed by atoms with Gasteiger partial charge in [0.25, 0.3) is 0 Å². The third-order valence-electron chi connectivity index (χ3n) is 5.98. The molecule has 2 aliphatic heterocycles. The SMILES string of the molecule is Cc1ccccc1-n1c(CC2CCN(C(=O)CN3C(=O)CCC3=O)CC2)n[nH]c1=O. The van der Waals surface area contributed by atoms with Gasteiger partial charge >= 0.3 is 5.69 Å². The van der Waals surface area contributed by atoms with Gasteiger partial charge in [-0.15, -0.1) is 0 Å². The third-order valence-corrected chi connectivity index (χ3v) is 5.98. The first kappa shape index (κ1) is 20.1. The number of rotatable bonds is 5. The Kier molecular flexibility index (Phi) is 5.52. The van der Waals surface area contributed by atoms with Crippen molar-refractivity contribution in [3.8, 4) is 5.69 Å². The van der Waals surface area contributed by atoms with Gasteiger partial charge in [0.1, 0.15) is 12.4 Å². The first-order chi connectivity index (χ1) is 14.4. The van der Waals surface area contributed by atoms with Crippen molar-refractivity contribution < 1.29 is 14.4 Å². The summed E-state index contributed by atoms with van der Waals surface area (Å²) < 4.78 is 1.62. The molecular formula is C21H25N5O4. The molecule has 0 saturated carbocycles. The fourth-order valence-corrected chi connectivity index (χ4v) is 4.21. The summed E-state index contributed by atoms with van der Waals surface area (Å²) in [7, 11) is 0. The number of H-pyrrole nitrogens is 1. The van der Waals surface area contributed by atoms with E-state index in [2.05, 4.69) is 10.2 Å². The van der Waals surface area contributed by atoms with Crippen molar-refractivity contribution in [1.29, 1.82) is 0 Å². The molecule has 0 bridgehead atoms. The molecule has 4 rings (SSSR count). The molecule has 2 aliphatic rings. The molecule has 0 aliphatic carbocycles. The zero-order valence-electron chi connectivity index (χ0n) is 17.0. The molecule has 1 aromatic carbocycles. The van der Waals surface area contributed by atoms with Crippen LogP contribution in [0.2, 0.25) is 0 Å². The van der Waals surface area contributed by atoms with E-state index in [9.17, 15) is 19.2 Å². The van der Waals surface area contributed by atoms with Gasteiger partial charge in [-0.05, 0) is 37.3 Å². The number of carbonyl (C=O) groups is 3. The summed E-state index contributed by atoms with van der Waals surface area (Å²) in [5.41, 5.74) is 1.55. The molecule has 0 spiro atoms. The minimum atomic E-state index is -0.268. The van der Waals surface area contributed by atoms with E-state index < -0.39 is 0 Å². The number of aryl methyl sites for hydroxylation is 1. The molecule has 2 aromatic rings. The van der Waals surface area contributed by atoms with Gasteiger partial charge in [0.05, 0.1) is 5.69 Å². The van der Waals surface area contributed by atoms with E-state index in [1.807, 2.05) is 31.2 Å². The Morgan fingerprint density at radius 3 is 2.43 bits per heavy atom. The molecule has 1 aromatic heterocycles. The molecule has 9 heteroatoms. The summed E-state index contributed by atoms with van der Waals surface area (Å²) in [5, 5.41) is 6.78. The van der Waals surface area contributed by atoms with Crippen molar-refractivity contribution in [1.82, 2.24) is 24.6 Å². The van der Waals surface area contributed by atoms with E-state index in [4.69, 9.17) is 0 Å². The average molecular weight is 411 g/mol. The standard InChI is InChI=1S/C21H25N5O4/c1-14-4-2-3-5-16(14)26-17(22-23-21(26)30)12-15-8-10-24(11-9-15)20(29)13-25-18(27)6-7-19(25)28/h2-5,15H,6-13H2,1H3,(H,23,30). The van der Waals surface area contributed by atoms with Crippen molar-refractivity contribution in [3.63, 3.8) is 0 Å². The van der Waals surface area contributed by atoms with E-state index in [1.165, 1.54) is 0 Å². The van der Waals surface area contributed by atoms with Crippen molar-refractivity contribution >= 4 is 17.7 Å². The van der Waals surface area contributed by atoms with Crippen LogP contribution < -0.4 is 5.69 Å². The summed E-state index contributed by atoms with van der Waals surface area (Å²) in [6.07, 6.45) is 2.59. The highest BCUT2D eigenvalue weighted by Gasteiger charge is 2.33. The van der Waals surface area contributed by atoms with E-state index in [0.29, 0.717) is 31.3 Å². The Morgan fingerprint density at radius 1 is 1.10 bits per heavy atom. The fourth-order valence-electron chi connectivity index (χ4n) is 4.21. The number of nitrogens with one attached hydrogen (secondary N) is 1. The predicted molar refractivity (Wildman–Crippen MR) is 108 cm³/mol. The van der Waals surface area contributed by atoms with Crippen LogP contribution in [0.4, 0.5) is 0 Å². The number of amides is 3. The van der Waals surface area contributed by atoms with Crippen LogP contribution in [0.25, 0.3) is 5.69 Å². The number of aromatic nitrogens is 3. The van der Waals surface area contributed by atoms with Crippen LogP contribution in [0.15, 0.2) is 29.1 Å². The van der Waals surface area contributed by atoms with Crippen molar-refractivity contribution in [2.24, 2.45) is 5.92 Å². The van der Waals surface area contributed by atoms with Crippen LogP contribution in [-0.2, 0) is 20.8 Å². The molecule has 9 nitrogen and oxygen atoms in total. The molecular weight excluding hydrogens is 386 g/mol. The zero-order valence-corrected chi connectivity index (χ0v) is 17.0. The molecule has 30 heavy (non-hydrogen) atoms. The van der Waals surface area contributed by atoms with E-state index in [0.717, 1.165) is 29.0 Å². The molecule has 158 valence electrons. The maximum absolute atomic E-state index is 12.5. The van der Waals surface area contributed by atoms with Crippen LogP contribution >= 0.6 is 0 Å². The van der Waals surface area contributed by atoms with E-state index >= 15 is 0 Å². The van der Waals surface area contributed by atoms with Gasteiger partial charge in [0, 0.05) is 32.4 Å². The monoisotopic (exact) mass is 411 g/mol. The van der Waals surface area contributed by atoms with E-state index in [1.54, 1.807) is 9.47 Å². The summed E-state index contributed by atoms with van der Waals surface area (Å²) >= 11 is 0. The number of imide groups is 1. The van der Waals surface area contributed by atoms with Gasteiger partial charge in [0.15, 0.2) is 0 Å². The average Bonchev–Trinajstić information content (AvgIpc) is 3.25. The Balaban J connectivity index is 1.38. The Morgan fingerprint density at radius 2 is 1.77 bits per heavy atom. The molecule has 1 N–H and O–H groups in total. The fraction of sp³-hybridized carbons (Fsp3) is 0.476. The quantitative estimate of drug-likeness (QED) is 0.732. The first-order valence-electron chi connectivity index (χ1n) is 10.3. The summed E-state index contributed by atoms with van der Waals surface area (Å²) in [5.74, 6) is 0.259. The number of aromatic amines is 1. The lowest BCUT2D eigenvalue weighted by molar-refractivity contribution is -0.146. The smallest absolute Gasteiger partial charge is 0.341 e. The highest BCUT2D eigenvalue weighted by Crippen LogP contribution is 2.23. The van der Waals surface area contributed by atoms with Gasteiger partial charge in [-0.25, -0.2) is 14.5 Å². The van der Waals surface area contributed by atoms with Crippen molar-refractivity contribution in [3.05, 3.63) is 46.1 Å². The Labute approximate surface area is 173 Å². The molecule has 2 fully saturated rings. The van der Waals surface area contributed by atoms with Crippen LogP contribution in [-0.4, -0.2) is 61.9 Å². The minimum absolute atomic E-state index is 0.158. The topological polar surface area (TPSA) is 108 Å². The molecule has 0 atom stereocenters. The van der Waals surface area contributed by atoms with Crippen molar-refractivity contribution in [2.45, 2.75) is 39.0 Å². The second-order valence-corrected chi connectivity index (χ2v) is 7.97. The predicted octanol–water partition coefficient (Wildman–Crippen LogP) is 0.799. The Bertz CT molecular complexity index is 1020. The maximum Gasteiger partial charge on any atom is 0.347 e. The van der Waals surface area contributed by atoms with Gasteiger partial charge in [-0.3, -0.25) is 19.3 Å². The number of benzene rings is 1. The second kappa shape index (κ2) is 8.25. The van der Waals surface area contributed by atoms with Gasteiger partial charge in [-0.2, -0.15) is 5.10 Å².